The van der Waals surface area contributed by atoms with Gasteiger partial charge in [-0.05, 0) is 19.8 Å². The van der Waals surface area contributed by atoms with E-state index in [1.807, 2.05) is 6.92 Å². The zero-order valence-electron chi connectivity index (χ0n) is 8.73. The average Bonchev–Trinajstić information content (AvgIpc) is 2.58. The van der Waals surface area contributed by atoms with E-state index < -0.39 is 12.0 Å². The molecule has 6 nitrogen and oxygen atoms in total. The average molecular weight is 212 g/mol. The van der Waals surface area contributed by atoms with Crippen molar-refractivity contribution >= 4 is 5.97 Å². The Morgan fingerprint density at radius 2 is 2.33 bits per heavy atom. The molecule has 0 aliphatic rings. The van der Waals surface area contributed by atoms with Crippen molar-refractivity contribution in [3.8, 4) is 0 Å². The minimum atomic E-state index is -0.941. The van der Waals surface area contributed by atoms with Crippen LogP contribution in [0.1, 0.15) is 30.9 Å². The fraction of sp³-hybridized carbons (Fsp3) is 0.667. The van der Waals surface area contributed by atoms with Crippen LogP contribution in [0.3, 0.4) is 0 Å². The lowest BCUT2D eigenvalue weighted by Gasteiger charge is -2.04. The molecule has 0 saturated carbocycles. The Morgan fingerprint density at radius 3 is 2.87 bits per heavy atom. The second kappa shape index (κ2) is 5.45. The van der Waals surface area contributed by atoms with Gasteiger partial charge in [0.05, 0.1) is 0 Å². The molecular weight excluding hydrogens is 196 g/mol. The largest absolute Gasteiger partial charge is 0.480 e. The highest BCUT2D eigenvalue weighted by Gasteiger charge is 2.10. The molecule has 0 saturated heterocycles. The third-order valence-corrected chi connectivity index (χ3v) is 2.13. The van der Waals surface area contributed by atoms with E-state index in [4.69, 9.17) is 10.8 Å². The zero-order chi connectivity index (χ0) is 11.3. The Bertz CT molecular complexity index is 324. The van der Waals surface area contributed by atoms with Gasteiger partial charge in [-0.1, -0.05) is 6.42 Å². The van der Waals surface area contributed by atoms with Crippen LogP contribution in [0.4, 0.5) is 0 Å². The SMILES string of the molecule is Cc1nc(CCCC[C@H](N)C(=O)O)n[nH]1. The Labute approximate surface area is 87.9 Å². The molecule has 1 aromatic heterocycles. The summed E-state index contributed by atoms with van der Waals surface area (Å²) in [5.74, 6) is 0.632. The first-order valence-corrected chi connectivity index (χ1v) is 4.96. The van der Waals surface area contributed by atoms with Crippen LogP contribution in [0.25, 0.3) is 0 Å². The number of aliphatic carboxylic acids is 1. The van der Waals surface area contributed by atoms with Crippen molar-refractivity contribution in [1.82, 2.24) is 15.2 Å². The molecular formula is C9H16N4O2. The van der Waals surface area contributed by atoms with Gasteiger partial charge in [-0.3, -0.25) is 9.89 Å². The van der Waals surface area contributed by atoms with Gasteiger partial charge in [0, 0.05) is 6.42 Å². The molecule has 1 aromatic rings. The van der Waals surface area contributed by atoms with E-state index in [-0.39, 0.29) is 0 Å². The molecule has 15 heavy (non-hydrogen) atoms. The van der Waals surface area contributed by atoms with Crippen molar-refractivity contribution in [2.45, 2.75) is 38.6 Å². The number of aryl methyl sites for hydroxylation is 2. The zero-order valence-corrected chi connectivity index (χ0v) is 8.73. The van der Waals surface area contributed by atoms with Gasteiger partial charge in [0.15, 0.2) is 5.82 Å². The second-order valence-electron chi connectivity index (χ2n) is 3.53. The van der Waals surface area contributed by atoms with Crippen molar-refractivity contribution < 1.29 is 9.90 Å². The van der Waals surface area contributed by atoms with Crippen LogP contribution in [-0.4, -0.2) is 32.3 Å². The molecule has 84 valence electrons. The topological polar surface area (TPSA) is 105 Å². The molecule has 6 heteroatoms. The molecule has 0 aromatic carbocycles. The maximum atomic E-state index is 10.4. The van der Waals surface area contributed by atoms with Crippen LogP contribution in [0.5, 0.6) is 0 Å². The highest BCUT2D eigenvalue weighted by atomic mass is 16.4. The first-order valence-electron chi connectivity index (χ1n) is 4.96. The summed E-state index contributed by atoms with van der Waals surface area (Å²) in [6.45, 7) is 1.84. The van der Waals surface area contributed by atoms with Gasteiger partial charge in [-0.2, -0.15) is 5.10 Å². The molecule has 1 heterocycles. The lowest BCUT2D eigenvalue weighted by Crippen LogP contribution is -2.29. The number of carboxylic acid groups (broad SMARTS) is 1. The maximum Gasteiger partial charge on any atom is 0.320 e. The predicted octanol–water partition coefficient (Wildman–Crippen LogP) is 0.238. The standard InChI is InChI=1S/C9H16N4O2/c1-6-11-8(13-12-6)5-3-2-4-7(10)9(14)15/h7H,2-5,10H2,1H3,(H,14,15)(H,11,12,13)/t7-/m0/s1. The number of H-pyrrole nitrogens is 1. The lowest BCUT2D eigenvalue weighted by molar-refractivity contribution is -0.138. The molecule has 0 bridgehead atoms. The number of nitrogens with two attached hydrogens (primary N) is 1. The quantitative estimate of drug-likeness (QED) is 0.586. The number of aromatic amines is 1. The van der Waals surface area contributed by atoms with E-state index in [0.717, 1.165) is 30.9 Å². The van der Waals surface area contributed by atoms with Gasteiger partial charge < -0.3 is 10.8 Å². The summed E-state index contributed by atoms with van der Waals surface area (Å²) in [5, 5.41) is 15.3. The maximum absolute atomic E-state index is 10.4. The molecule has 0 amide bonds. The van der Waals surface area contributed by atoms with E-state index in [2.05, 4.69) is 15.2 Å². The highest BCUT2D eigenvalue weighted by molar-refractivity contribution is 5.72. The second-order valence-corrected chi connectivity index (χ2v) is 3.53. The van der Waals surface area contributed by atoms with E-state index in [1.165, 1.54) is 0 Å². The Kier molecular flexibility index (Phi) is 4.23. The smallest absolute Gasteiger partial charge is 0.320 e. The molecule has 0 aliphatic heterocycles. The van der Waals surface area contributed by atoms with Gasteiger partial charge in [0.2, 0.25) is 0 Å². The van der Waals surface area contributed by atoms with E-state index >= 15 is 0 Å². The number of nitrogens with zero attached hydrogens (tertiary/aromatic N) is 2. The summed E-state index contributed by atoms with van der Waals surface area (Å²) in [6.07, 6.45) is 2.90. The fourth-order valence-electron chi connectivity index (χ4n) is 1.27. The van der Waals surface area contributed by atoms with Crippen LogP contribution in [0.15, 0.2) is 0 Å². The Hall–Kier alpha value is -1.43. The highest BCUT2D eigenvalue weighted by Crippen LogP contribution is 2.04. The van der Waals surface area contributed by atoms with Crippen LogP contribution in [-0.2, 0) is 11.2 Å². The van der Waals surface area contributed by atoms with Crippen molar-refractivity contribution in [2.75, 3.05) is 0 Å². The monoisotopic (exact) mass is 212 g/mol. The lowest BCUT2D eigenvalue weighted by atomic mass is 10.1. The first-order chi connectivity index (χ1) is 7.09. The van der Waals surface area contributed by atoms with Gasteiger partial charge in [0.25, 0.3) is 0 Å². The molecule has 0 fully saturated rings. The summed E-state index contributed by atoms with van der Waals surface area (Å²) >= 11 is 0. The van der Waals surface area contributed by atoms with Crippen molar-refractivity contribution in [1.29, 1.82) is 0 Å². The van der Waals surface area contributed by atoms with Crippen LogP contribution in [0.2, 0.25) is 0 Å². The predicted molar refractivity (Wildman–Crippen MR) is 54.3 cm³/mol. The minimum Gasteiger partial charge on any atom is -0.480 e. The summed E-state index contributed by atoms with van der Waals surface area (Å²) < 4.78 is 0. The molecule has 4 N–H and O–H groups in total. The fourth-order valence-corrected chi connectivity index (χ4v) is 1.27. The summed E-state index contributed by atoms with van der Waals surface area (Å²) in [4.78, 5) is 14.6. The Balaban J connectivity index is 2.14. The minimum absolute atomic E-state index is 0.499. The summed E-state index contributed by atoms with van der Waals surface area (Å²) in [7, 11) is 0. The normalized spacial score (nSPS) is 12.7. The Morgan fingerprint density at radius 1 is 1.60 bits per heavy atom. The van der Waals surface area contributed by atoms with Gasteiger partial charge in [0.1, 0.15) is 11.9 Å². The number of hydrogen-bond donors (Lipinski definition) is 3. The van der Waals surface area contributed by atoms with Gasteiger partial charge in [-0.15, -0.1) is 0 Å². The van der Waals surface area contributed by atoms with Crippen LogP contribution < -0.4 is 5.73 Å². The number of rotatable bonds is 6. The molecule has 0 aliphatic carbocycles. The molecule has 0 spiro atoms. The van der Waals surface area contributed by atoms with E-state index in [1.54, 1.807) is 0 Å². The summed E-state index contributed by atoms with van der Waals surface area (Å²) in [6, 6.07) is -0.751. The van der Waals surface area contributed by atoms with Gasteiger partial charge in [-0.25, -0.2) is 4.98 Å². The number of unbranched alkanes of at least 4 members (excludes halogenated alkanes) is 1. The van der Waals surface area contributed by atoms with Crippen LogP contribution in [0, 0.1) is 6.92 Å². The van der Waals surface area contributed by atoms with E-state index in [9.17, 15) is 4.79 Å². The van der Waals surface area contributed by atoms with Gasteiger partial charge >= 0.3 is 5.97 Å². The van der Waals surface area contributed by atoms with Crippen molar-refractivity contribution in [3.05, 3.63) is 11.6 Å². The third-order valence-electron chi connectivity index (χ3n) is 2.13. The number of nitrogens with one attached hydrogen (secondary N) is 1. The third kappa shape index (κ3) is 4.07. The molecule has 0 radical (unpaired) electrons. The summed E-state index contributed by atoms with van der Waals surface area (Å²) in [5.41, 5.74) is 5.36. The molecule has 1 rings (SSSR count). The number of carbonyl (C=O) groups is 1. The molecule has 0 unspecified atom stereocenters. The van der Waals surface area contributed by atoms with E-state index in [0.29, 0.717) is 6.42 Å². The first kappa shape index (κ1) is 11.6. The van der Waals surface area contributed by atoms with Crippen LogP contribution >= 0.6 is 0 Å². The van der Waals surface area contributed by atoms with Crippen molar-refractivity contribution in [3.63, 3.8) is 0 Å². The number of aromatic nitrogens is 3. The number of carboxylic acids is 1. The molecule has 1 atom stereocenters. The number of hydrogen-bond acceptors (Lipinski definition) is 4. The van der Waals surface area contributed by atoms with Crippen molar-refractivity contribution in [2.24, 2.45) is 5.73 Å².